The molecule has 0 amide bonds. The van der Waals surface area contributed by atoms with Crippen molar-refractivity contribution in [2.75, 3.05) is 13.1 Å². The summed E-state index contributed by atoms with van der Waals surface area (Å²) >= 11 is 0. The first-order chi connectivity index (χ1) is 9.21. The number of hydrogen-bond donors (Lipinski definition) is 1. The number of nitrogens with one attached hydrogen (secondary N) is 1. The summed E-state index contributed by atoms with van der Waals surface area (Å²) in [6, 6.07) is 0. The van der Waals surface area contributed by atoms with Crippen molar-refractivity contribution in [3.8, 4) is 0 Å². The van der Waals surface area contributed by atoms with Gasteiger partial charge in [0.1, 0.15) is 12.3 Å². The molecule has 2 aromatic heterocycles. The topological polar surface area (TPSA) is 55.9 Å². The number of nitrogens with zero attached hydrogens (tertiary/aromatic N) is 3. The van der Waals surface area contributed by atoms with Crippen LogP contribution in [0.5, 0.6) is 0 Å². The van der Waals surface area contributed by atoms with Gasteiger partial charge in [-0.2, -0.15) is 0 Å². The third-order valence-corrected chi connectivity index (χ3v) is 3.95. The molecule has 3 rings (SSSR count). The fraction of sp³-hybridized carbons (Fsp3) is 0.571. The molecule has 0 radical (unpaired) electrons. The van der Waals surface area contributed by atoms with E-state index < -0.39 is 0 Å². The zero-order chi connectivity index (χ0) is 13.3. The maximum atomic E-state index is 5.68. The van der Waals surface area contributed by atoms with Gasteiger partial charge in [-0.1, -0.05) is 13.8 Å². The molecule has 1 unspecified atom stereocenters. The summed E-state index contributed by atoms with van der Waals surface area (Å²) < 4.78 is 7.83. The van der Waals surface area contributed by atoms with E-state index in [0.29, 0.717) is 6.54 Å². The van der Waals surface area contributed by atoms with Gasteiger partial charge in [-0.15, -0.1) is 0 Å². The summed E-state index contributed by atoms with van der Waals surface area (Å²) in [5.41, 5.74) is 1.42. The van der Waals surface area contributed by atoms with E-state index in [9.17, 15) is 0 Å². The SMILES string of the molecule is CCc1cnc(Cn2cncc2C2(C)CCNC2)o1. The highest BCUT2D eigenvalue weighted by molar-refractivity contribution is 5.18. The summed E-state index contributed by atoms with van der Waals surface area (Å²) in [5, 5.41) is 3.43. The molecule has 102 valence electrons. The number of aromatic nitrogens is 3. The Labute approximate surface area is 113 Å². The normalized spacial score (nSPS) is 23.1. The molecule has 1 aliphatic heterocycles. The van der Waals surface area contributed by atoms with Crippen LogP contribution in [0.1, 0.15) is 37.6 Å². The molecule has 0 bridgehead atoms. The quantitative estimate of drug-likeness (QED) is 0.909. The van der Waals surface area contributed by atoms with Crippen molar-refractivity contribution >= 4 is 0 Å². The minimum atomic E-state index is 0.163. The van der Waals surface area contributed by atoms with E-state index in [-0.39, 0.29) is 5.41 Å². The van der Waals surface area contributed by atoms with Crippen molar-refractivity contribution < 1.29 is 4.42 Å². The van der Waals surface area contributed by atoms with Gasteiger partial charge in [-0.3, -0.25) is 0 Å². The summed E-state index contributed by atoms with van der Waals surface area (Å²) in [7, 11) is 0. The molecule has 2 aromatic rings. The zero-order valence-electron chi connectivity index (χ0n) is 11.5. The van der Waals surface area contributed by atoms with Crippen molar-refractivity contribution in [3.05, 3.63) is 36.1 Å². The Bertz CT molecular complexity index is 551. The minimum absolute atomic E-state index is 0.163. The molecule has 1 atom stereocenters. The van der Waals surface area contributed by atoms with Gasteiger partial charge in [0.2, 0.25) is 5.89 Å². The molecule has 19 heavy (non-hydrogen) atoms. The van der Waals surface area contributed by atoms with Gasteiger partial charge in [-0.05, 0) is 13.0 Å². The number of hydrogen-bond acceptors (Lipinski definition) is 4. The summed E-state index contributed by atoms with van der Waals surface area (Å²) in [6.07, 6.45) is 7.67. The molecule has 5 heteroatoms. The summed E-state index contributed by atoms with van der Waals surface area (Å²) in [4.78, 5) is 8.62. The second-order valence-electron chi connectivity index (χ2n) is 5.47. The number of aryl methyl sites for hydroxylation is 1. The molecule has 0 aliphatic carbocycles. The van der Waals surface area contributed by atoms with Gasteiger partial charge >= 0.3 is 0 Å². The van der Waals surface area contributed by atoms with E-state index in [2.05, 4.69) is 33.7 Å². The van der Waals surface area contributed by atoms with E-state index in [1.165, 1.54) is 5.69 Å². The van der Waals surface area contributed by atoms with Crippen LogP contribution >= 0.6 is 0 Å². The molecule has 0 spiro atoms. The van der Waals surface area contributed by atoms with Crippen LogP contribution in [0, 0.1) is 0 Å². The Morgan fingerprint density at radius 1 is 1.47 bits per heavy atom. The van der Waals surface area contributed by atoms with Crippen LogP contribution < -0.4 is 5.32 Å². The molecule has 0 saturated carbocycles. The van der Waals surface area contributed by atoms with E-state index in [1.807, 2.05) is 18.7 Å². The van der Waals surface area contributed by atoms with E-state index in [4.69, 9.17) is 4.42 Å². The van der Waals surface area contributed by atoms with Gasteiger partial charge in [0.15, 0.2) is 0 Å². The van der Waals surface area contributed by atoms with Crippen LogP contribution in [0.4, 0.5) is 0 Å². The lowest BCUT2D eigenvalue weighted by molar-refractivity contribution is 0.425. The van der Waals surface area contributed by atoms with Gasteiger partial charge in [0.05, 0.1) is 12.5 Å². The van der Waals surface area contributed by atoms with Crippen molar-refractivity contribution in [2.45, 2.75) is 38.6 Å². The van der Waals surface area contributed by atoms with Crippen LogP contribution in [0.2, 0.25) is 0 Å². The molecule has 5 nitrogen and oxygen atoms in total. The van der Waals surface area contributed by atoms with Gasteiger partial charge in [0.25, 0.3) is 0 Å². The van der Waals surface area contributed by atoms with Crippen LogP contribution in [0.3, 0.4) is 0 Å². The Balaban J connectivity index is 1.84. The summed E-state index contributed by atoms with van der Waals surface area (Å²) in [5.74, 6) is 1.69. The highest BCUT2D eigenvalue weighted by Crippen LogP contribution is 2.30. The first kappa shape index (κ1) is 12.4. The predicted molar refractivity (Wildman–Crippen MR) is 72.0 cm³/mol. The van der Waals surface area contributed by atoms with Gasteiger partial charge < -0.3 is 14.3 Å². The average Bonchev–Trinajstić information content (AvgIpc) is 3.10. The highest BCUT2D eigenvalue weighted by Gasteiger charge is 2.33. The van der Waals surface area contributed by atoms with Crippen molar-refractivity contribution in [2.24, 2.45) is 0 Å². The molecule has 1 fully saturated rings. The Morgan fingerprint density at radius 2 is 2.37 bits per heavy atom. The number of rotatable bonds is 4. The predicted octanol–water partition coefficient (Wildman–Crippen LogP) is 1.73. The molecule has 0 aromatic carbocycles. The second kappa shape index (κ2) is 4.81. The first-order valence-corrected chi connectivity index (χ1v) is 6.86. The maximum Gasteiger partial charge on any atom is 0.214 e. The number of oxazole rings is 1. The third kappa shape index (κ3) is 2.30. The van der Waals surface area contributed by atoms with Gasteiger partial charge in [0, 0.05) is 30.3 Å². The van der Waals surface area contributed by atoms with Crippen LogP contribution in [-0.4, -0.2) is 27.6 Å². The lowest BCUT2D eigenvalue weighted by atomic mass is 9.86. The third-order valence-electron chi connectivity index (χ3n) is 3.95. The summed E-state index contributed by atoms with van der Waals surface area (Å²) in [6.45, 7) is 7.09. The average molecular weight is 260 g/mol. The second-order valence-corrected chi connectivity index (χ2v) is 5.47. The van der Waals surface area contributed by atoms with Crippen molar-refractivity contribution in [1.82, 2.24) is 19.9 Å². The molecule has 1 N–H and O–H groups in total. The minimum Gasteiger partial charge on any atom is -0.444 e. The standard InChI is InChI=1S/C14H20N4O/c1-3-11-6-17-13(19-11)8-18-10-16-7-12(18)14(2)4-5-15-9-14/h6-7,10,15H,3-5,8-9H2,1-2H3. The Hall–Kier alpha value is -1.62. The van der Waals surface area contributed by atoms with Gasteiger partial charge in [-0.25, -0.2) is 9.97 Å². The van der Waals surface area contributed by atoms with E-state index >= 15 is 0 Å². The molecular formula is C14H20N4O. The molecule has 1 aliphatic rings. The first-order valence-electron chi connectivity index (χ1n) is 6.86. The van der Waals surface area contributed by atoms with Crippen LogP contribution in [0.25, 0.3) is 0 Å². The van der Waals surface area contributed by atoms with E-state index in [1.54, 1.807) is 0 Å². The smallest absolute Gasteiger partial charge is 0.214 e. The lowest BCUT2D eigenvalue weighted by Crippen LogP contribution is -2.28. The van der Waals surface area contributed by atoms with Crippen molar-refractivity contribution in [1.29, 1.82) is 0 Å². The Kier molecular flexibility index (Phi) is 3.14. The fourth-order valence-electron chi connectivity index (χ4n) is 2.72. The molecular weight excluding hydrogens is 240 g/mol. The highest BCUT2D eigenvalue weighted by atomic mass is 16.4. The van der Waals surface area contributed by atoms with Crippen LogP contribution in [-0.2, 0) is 18.4 Å². The number of imidazole rings is 1. The zero-order valence-corrected chi connectivity index (χ0v) is 11.5. The molecule has 1 saturated heterocycles. The maximum absolute atomic E-state index is 5.68. The molecule has 3 heterocycles. The lowest BCUT2D eigenvalue weighted by Gasteiger charge is -2.23. The van der Waals surface area contributed by atoms with E-state index in [0.717, 1.165) is 37.6 Å². The fourth-order valence-corrected chi connectivity index (χ4v) is 2.72. The monoisotopic (exact) mass is 260 g/mol. The van der Waals surface area contributed by atoms with Crippen LogP contribution in [0.15, 0.2) is 23.1 Å². The Morgan fingerprint density at radius 3 is 3.05 bits per heavy atom. The van der Waals surface area contributed by atoms with Crippen molar-refractivity contribution in [3.63, 3.8) is 0 Å². The largest absolute Gasteiger partial charge is 0.444 e.